The molecule has 2 atom stereocenters. The lowest BCUT2D eigenvalue weighted by molar-refractivity contribution is -0.0137. The number of ether oxygens (including phenoxy) is 2. The maximum atomic E-state index is 13.6. The molecule has 118 valence electrons. The predicted octanol–water partition coefficient (Wildman–Crippen LogP) is 2.24. The van der Waals surface area contributed by atoms with Crippen LogP contribution in [0, 0.1) is 18.6 Å². The number of aliphatic hydroxyl groups is 1. The molecular formula is C15H21F2NO3. The van der Waals surface area contributed by atoms with Crippen LogP contribution in [0.15, 0.2) is 12.1 Å². The second-order valence-electron chi connectivity index (χ2n) is 5.29. The molecule has 0 saturated carbocycles. The van der Waals surface area contributed by atoms with Gasteiger partial charge in [0.1, 0.15) is 11.6 Å². The SMILES string of the molecule is Cc1cc(F)c(NCC(O)COCC2CCCO2)cc1F. The second-order valence-corrected chi connectivity index (χ2v) is 5.29. The van der Waals surface area contributed by atoms with Crippen LogP contribution < -0.4 is 5.32 Å². The molecule has 0 aromatic heterocycles. The second kappa shape index (κ2) is 7.68. The zero-order valence-corrected chi connectivity index (χ0v) is 12.1. The summed E-state index contributed by atoms with van der Waals surface area (Å²) in [6.45, 7) is 2.92. The molecule has 1 aliphatic heterocycles. The summed E-state index contributed by atoms with van der Waals surface area (Å²) in [7, 11) is 0. The lowest BCUT2D eigenvalue weighted by Gasteiger charge is -2.15. The third-order valence-electron chi connectivity index (χ3n) is 3.41. The maximum absolute atomic E-state index is 13.6. The highest BCUT2D eigenvalue weighted by Gasteiger charge is 2.16. The van der Waals surface area contributed by atoms with Crippen molar-refractivity contribution in [2.45, 2.75) is 32.0 Å². The van der Waals surface area contributed by atoms with Crippen molar-refractivity contribution < 1.29 is 23.4 Å². The summed E-state index contributed by atoms with van der Waals surface area (Å²) < 4.78 is 37.7. The number of hydrogen-bond acceptors (Lipinski definition) is 4. The Kier molecular flexibility index (Phi) is 5.90. The molecule has 1 aromatic rings. The Labute approximate surface area is 123 Å². The summed E-state index contributed by atoms with van der Waals surface area (Å²) in [5, 5.41) is 12.4. The van der Waals surface area contributed by atoms with Gasteiger partial charge in [-0.05, 0) is 31.4 Å². The quantitative estimate of drug-likeness (QED) is 0.811. The van der Waals surface area contributed by atoms with E-state index in [1.165, 1.54) is 6.92 Å². The van der Waals surface area contributed by atoms with Gasteiger partial charge in [0.25, 0.3) is 0 Å². The Balaban J connectivity index is 1.70. The van der Waals surface area contributed by atoms with Gasteiger partial charge >= 0.3 is 0 Å². The summed E-state index contributed by atoms with van der Waals surface area (Å²) in [6.07, 6.45) is 1.32. The highest BCUT2D eigenvalue weighted by Crippen LogP contribution is 2.18. The molecule has 1 aromatic carbocycles. The van der Waals surface area contributed by atoms with Crippen molar-refractivity contribution in [3.05, 3.63) is 29.3 Å². The largest absolute Gasteiger partial charge is 0.389 e. The van der Waals surface area contributed by atoms with Crippen LogP contribution in [0.4, 0.5) is 14.5 Å². The monoisotopic (exact) mass is 301 g/mol. The fourth-order valence-corrected chi connectivity index (χ4v) is 2.18. The molecule has 0 amide bonds. The number of benzene rings is 1. The van der Waals surface area contributed by atoms with Gasteiger partial charge in [0.15, 0.2) is 0 Å². The van der Waals surface area contributed by atoms with Crippen molar-refractivity contribution in [1.82, 2.24) is 0 Å². The Morgan fingerprint density at radius 3 is 2.95 bits per heavy atom. The first-order valence-electron chi connectivity index (χ1n) is 7.13. The van der Waals surface area contributed by atoms with Crippen LogP contribution in [-0.2, 0) is 9.47 Å². The molecule has 2 rings (SSSR count). The van der Waals surface area contributed by atoms with E-state index in [1.807, 2.05) is 0 Å². The van der Waals surface area contributed by atoms with Gasteiger partial charge in [-0.15, -0.1) is 0 Å². The van der Waals surface area contributed by atoms with Crippen LogP contribution in [0.3, 0.4) is 0 Å². The summed E-state index contributed by atoms with van der Waals surface area (Å²) >= 11 is 0. The zero-order valence-electron chi connectivity index (χ0n) is 12.1. The topological polar surface area (TPSA) is 50.7 Å². The van der Waals surface area contributed by atoms with Crippen LogP contribution in [0.25, 0.3) is 0 Å². The minimum atomic E-state index is -0.796. The number of aryl methyl sites for hydroxylation is 1. The highest BCUT2D eigenvalue weighted by molar-refractivity contribution is 5.46. The van der Waals surface area contributed by atoms with E-state index >= 15 is 0 Å². The Morgan fingerprint density at radius 1 is 1.43 bits per heavy atom. The molecule has 2 unspecified atom stereocenters. The minimum Gasteiger partial charge on any atom is -0.389 e. The van der Waals surface area contributed by atoms with E-state index in [0.717, 1.165) is 31.6 Å². The van der Waals surface area contributed by atoms with E-state index in [1.54, 1.807) is 0 Å². The van der Waals surface area contributed by atoms with Crippen molar-refractivity contribution in [2.75, 3.05) is 31.7 Å². The molecule has 6 heteroatoms. The van der Waals surface area contributed by atoms with Crippen molar-refractivity contribution in [3.8, 4) is 0 Å². The number of halogens is 2. The maximum Gasteiger partial charge on any atom is 0.146 e. The van der Waals surface area contributed by atoms with Crippen molar-refractivity contribution >= 4 is 5.69 Å². The zero-order chi connectivity index (χ0) is 15.2. The van der Waals surface area contributed by atoms with E-state index in [-0.39, 0.29) is 30.5 Å². The van der Waals surface area contributed by atoms with Crippen molar-refractivity contribution in [2.24, 2.45) is 0 Å². The molecule has 1 aliphatic rings. The number of anilines is 1. The van der Waals surface area contributed by atoms with E-state index < -0.39 is 17.7 Å². The molecule has 1 fully saturated rings. The van der Waals surface area contributed by atoms with Gasteiger partial charge in [-0.3, -0.25) is 0 Å². The molecule has 0 radical (unpaired) electrons. The molecule has 1 saturated heterocycles. The third kappa shape index (κ3) is 4.91. The van der Waals surface area contributed by atoms with Gasteiger partial charge in [0, 0.05) is 19.2 Å². The van der Waals surface area contributed by atoms with Gasteiger partial charge in [0.2, 0.25) is 0 Å². The Hall–Kier alpha value is -1.24. The summed E-state index contributed by atoms with van der Waals surface area (Å²) in [6, 6.07) is 2.21. The van der Waals surface area contributed by atoms with Gasteiger partial charge in [-0.25, -0.2) is 8.78 Å². The van der Waals surface area contributed by atoms with Crippen LogP contribution >= 0.6 is 0 Å². The number of hydrogen-bond donors (Lipinski definition) is 2. The first-order valence-corrected chi connectivity index (χ1v) is 7.13. The number of aliphatic hydroxyl groups excluding tert-OH is 1. The summed E-state index contributed by atoms with van der Waals surface area (Å²) in [5.74, 6) is -1.02. The van der Waals surface area contributed by atoms with Crippen molar-refractivity contribution in [1.29, 1.82) is 0 Å². The lowest BCUT2D eigenvalue weighted by Crippen LogP contribution is -2.27. The van der Waals surface area contributed by atoms with Gasteiger partial charge in [0.05, 0.1) is 31.1 Å². The lowest BCUT2D eigenvalue weighted by atomic mass is 10.2. The minimum absolute atomic E-state index is 0.0382. The normalized spacial score (nSPS) is 19.7. The van der Waals surface area contributed by atoms with Crippen LogP contribution in [0.2, 0.25) is 0 Å². The fraction of sp³-hybridized carbons (Fsp3) is 0.600. The van der Waals surface area contributed by atoms with Crippen LogP contribution in [0.1, 0.15) is 18.4 Å². The molecule has 0 bridgehead atoms. The van der Waals surface area contributed by atoms with E-state index in [2.05, 4.69) is 5.32 Å². The van der Waals surface area contributed by atoms with Gasteiger partial charge < -0.3 is 19.9 Å². The van der Waals surface area contributed by atoms with Gasteiger partial charge in [-0.1, -0.05) is 0 Å². The number of rotatable bonds is 7. The first kappa shape index (κ1) is 16.1. The van der Waals surface area contributed by atoms with Crippen LogP contribution in [-0.4, -0.2) is 43.7 Å². The average molecular weight is 301 g/mol. The molecular weight excluding hydrogens is 280 g/mol. The van der Waals surface area contributed by atoms with E-state index in [0.29, 0.717) is 6.61 Å². The molecule has 21 heavy (non-hydrogen) atoms. The van der Waals surface area contributed by atoms with E-state index in [4.69, 9.17) is 9.47 Å². The molecule has 2 N–H and O–H groups in total. The first-order chi connectivity index (χ1) is 10.1. The van der Waals surface area contributed by atoms with Crippen molar-refractivity contribution in [3.63, 3.8) is 0 Å². The van der Waals surface area contributed by atoms with E-state index in [9.17, 15) is 13.9 Å². The predicted molar refractivity (Wildman–Crippen MR) is 75.4 cm³/mol. The van der Waals surface area contributed by atoms with Crippen LogP contribution in [0.5, 0.6) is 0 Å². The number of nitrogens with one attached hydrogen (secondary N) is 1. The molecule has 0 aliphatic carbocycles. The standard InChI is InChI=1S/C15H21F2NO3/c1-10-5-14(17)15(6-13(10)16)18-7-11(19)8-20-9-12-3-2-4-21-12/h5-6,11-12,18-19H,2-4,7-9H2,1H3. The average Bonchev–Trinajstić information content (AvgIpc) is 2.94. The summed E-state index contributed by atoms with van der Waals surface area (Å²) in [5.41, 5.74) is 0.287. The smallest absolute Gasteiger partial charge is 0.146 e. The molecule has 0 spiro atoms. The Morgan fingerprint density at radius 2 is 2.24 bits per heavy atom. The third-order valence-corrected chi connectivity index (χ3v) is 3.41. The highest BCUT2D eigenvalue weighted by atomic mass is 19.1. The van der Waals surface area contributed by atoms with Gasteiger partial charge in [-0.2, -0.15) is 0 Å². The summed E-state index contributed by atoms with van der Waals surface area (Å²) in [4.78, 5) is 0. The molecule has 4 nitrogen and oxygen atoms in total. The molecule has 1 heterocycles. The fourth-order valence-electron chi connectivity index (χ4n) is 2.18. The Bertz CT molecular complexity index is 464.